The van der Waals surface area contributed by atoms with E-state index in [1.807, 2.05) is 57.2 Å². The van der Waals surface area contributed by atoms with Gasteiger partial charge < -0.3 is 20.1 Å². The van der Waals surface area contributed by atoms with Crippen LogP contribution in [-0.2, 0) is 14.3 Å². The van der Waals surface area contributed by atoms with Gasteiger partial charge in [-0.05, 0) is 34.6 Å². The molecule has 0 bridgehead atoms. The molecule has 1 aliphatic carbocycles. The summed E-state index contributed by atoms with van der Waals surface area (Å²) in [7, 11) is 0. The topological polar surface area (TPSA) is 95.9 Å². The zero-order valence-electron chi connectivity index (χ0n) is 19.4. The van der Waals surface area contributed by atoms with Crippen LogP contribution in [0.2, 0.25) is 0 Å². The lowest BCUT2D eigenvalue weighted by Gasteiger charge is -2.29. The van der Waals surface area contributed by atoms with Crippen LogP contribution in [0.1, 0.15) is 50.7 Å². The van der Waals surface area contributed by atoms with Gasteiger partial charge in [-0.2, -0.15) is 0 Å². The van der Waals surface area contributed by atoms with Crippen molar-refractivity contribution in [2.24, 2.45) is 5.92 Å². The molecule has 0 heterocycles. The Labute approximate surface area is 194 Å². The number of carboxylic acids is 1. The van der Waals surface area contributed by atoms with Gasteiger partial charge in [-0.15, -0.1) is 0 Å². The average molecular weight is 453 g/mol. The fraction of sp³-hybridized carbons (Fsp3) is 0.423. The van der Waals surface area contributed by atoms with Crippen LogP contribution in [0.5, 0.6) is 0 Å². The summed E-state index contributed by atoms with van der Waals surface area (Å²) in [5.41, 5.74) is 4.52. The molecular weight excluding hydrogens is 420 g/mol. The minimum Gasteiger partial charge on any atom is -0.481 e. The normalized spacial score (nSPS) is 13.2. The number of benzene rings is 2. The number of nitrogens with one attached hydrogen (secondary N) is 1. The number of carbonyl (C=O) groups is 3. The number of aliphatic carboxylic acids is 1. The van der Waals surface area contributed by atoms with Crippen molar-refractivity contribution in [3.05, 3.63) is 59.7 Å². The van der Waals surface area contributed by atoms with Gasteiger partial charge >= 0.3 is 12.1 Å². The summed E-state index contributed by atoms with van der Waals surface area (Å²) in [5, 5.41) is 11.7. The lowest BCUT2D eigenvalue weighted by molar-refractivity contribution is -0.139. The first-order chi connectivity index (χ1) is 15.8. The number of ether oxygens (including phenoxy) is 1. The maximum absolute atomic E-state index is 13.1. The summed E-state index contributed by atoms with van der Waals surface area (Å²) >= 11 is 0. The molecule has 0 saturated carbocycles. The van der Waals surface area contributed by atoms with Crippen LogP contribution in [0.15, 0.2) is 48.5 Å². The van der Waals surface area contributed by atoms with E-state index in [2.05, 4.69) is 17.4 Å². The molecule has 0 radical (unpaired) electrons. The van der Waals surface area contributed by atoms with Gasteiger partial charge in [-0.3, -0.25) is 9.59 Å². The number of hydrogen-bond acceptors (Lipinski definition) is 4. The Kier molecular flexibility index (Phi) is 8.09. The largest absolute Gasteiger partial charge is 0.481 e. The van der Waals surface area contributed by atoms with Crippen LogP contribution in [0.4, 0.5) is 4.79 Å². The van der Waals surface area contributed by atoms with Gasteiger partial charge in [0.25, 0.3) is 0 Å². The monoisotopic (exact) mass is 452 g/mol. The van der Waals surface area contributed by atoms with E-state index in [1.54, 1.807) is 0 Å². The van der Waals surface area contributed by atoms with E-state index in [1.165, 1.54) is 4.90 Å². The molecule has 1 atom stereocenters. The molecule has 176 valence electrons. The fourth-order valence-corrected chi connectivity index (χ4v) is 4.31. The van der Waals surface area contributed by atoms with Crippen molar-refractivity contribution in [1.29, 1.82) is 0 Å². The number of hydrogen-bond donors (Lipinski definition) is 2. The Hall–Kier alpha value is -3.35. The highest BCUT2D eigenvalue weighted by Crippen LogP contribution is 2.44. The predicted molar refractivity (Wildman–Crippen MR) is 126 cm³/mol. The molecule has 7 heteroatoms. The molecule has 3 rings (SSSR count). The number of amides is 2. The summed E-state index contributed by atoms with van der Waals surface area (Å²) in [4.78, 5) is 38.2. The SMILES string of the molecule is CCCN(CCC(=O)O)C(=O)[C@H](NC(=O)OCC1c2ccccc2-c2ccccc21)C(C)C. The lowest BCUT2D eigenvalue weighted by atomic mass is 9.98. The van der Waals surface area contributed by atoms with Crippen molar-refractivity contribution >= 4 is 18.0 Å². The Bertz CT molecular complexity index is 958. The Balaban J connectivity index is 1.67. The van der Waals surface area contributed by atoms with E-state index in [9.17, 15) is 14.4 Å². The van der Waals surface area contributed by atoms with Gasteiger partial charge in [-0.25, -0.2) is 4.79 Å². The number of nitrogens with zero attached hydrogens (tertiary/aromatic N) is 1. The van der Waals surface area contributed by atoms with Gasteiger partial charge in [0.2, 0.25) is 5.91 Å². The highest BCUT2D eigenvalue weighted by atomic mass is 16.5. The second-order valence-corrected chi connectivity index (χ2v) is 8.66. The number of carboxylic acid groups (broad SMARTS) is 1. The molecular formula is C26H32N2O5. The van der Waals surface area contributed by atoms with Crippen LogP contribution in [0, 0.1) is 5.92 Å². The maximum atomic E-state index is 13.1. The predicted octanol–water partition coefficient (Wildman–Crippen LogP) is 4.26. The van der Waals surface area contributed by atoms with E-state index in [-0.39, 0.29) is 37.3 Å². The van der Waals surface area contributed by atoms with Gasteiger partial charge in [0.15, 0.2) is 0 Å². The summed E-state index contributed by atoms with van der Waals surface area (Å²) < 4.78 is 5.59. The zero-order valence-corrected chi connectivity index (χ0v) is 19.4. The number of carbonyl (C=O) groups excluding carboxylic acids is 2. The molecule has 2 N–H and O–H groups in total. The molecule has 2 aromatic carbocycles. The third-order valence-corrected chi connectivity index (χ3v) is 5.95. The molecule has 0 aromatic heterocycles. The van der Waals surface area contributed by atoms with Gasteiger partial charge in [0.05, 0.1) is 6.42 Å². The van der Waals surface area contributed by atoms with E-state index in [4.69, 9.17) is 9.84 Å². The minimum absolute atomic E-state index is 0.0662. The standard InChI is InChI=1S/C26H32N2O5/c1-4-14-28(15-13-23(29)30)25(31)24(17(2)3)27-26(32)33-16-22-20-11-7-5-9-18(20)19-10-6-8-12-21(19)22/h5-12,17,22,24H,4,13-16H2,1-3H3,(H,27,32)(H,29,30)/t24-/m1/s1. The van der Waals surface area contributed by atoms with Crippen molar-refractivity contribution in [3.63, 3.8) is 0 Å². The molecule has 2 amide bonds. The first-order valence-electron chi connectivity index (χ1n) is 11.5. The number of fused-ring (bicyclic) bond motifs is 3. The van der Waals surface area contributed by atoms with Crippen molar-refractivity contribution in [2.75, 3.05) is 19.7 Å². The second kappa shape index (κ2) is 11.0. The molecule has 1 aliphatic rings. The molecule has 33 heavy (non-hydrogen) atoms. The third-order valence-electron chi connectivity index (χ3n) is 5.95. The zero-order chi connectivity index (χ0) is 24.0. The maximum Gasteiger partial charge on any atom is 0.407 e. The molecule has 2 aromatic rings. The van der Waals surface area contributed by atoms with E-state index in [0.29, 0.717) is 13.0 Å². The van der Waals surface area contributed by atoms with E-state index >= 15 is 0 Å². The van der Waals surface area contributed by atoms with Gasteiger partial charge in [0, 0.05) is 19.0 Å². The molecule has 7 nitrogen and oxygen atoms in total. The molecule has 0 fully saturated rings. The van der Waals surface area contributed by atoms with E-state index < -0.39 is 18.1 Å². The molecule has 0 aliphatic heterocycles. The smallest absolute Gasteiger partial charge is 0.407 e. The third kappa shape index (κ3) is 5.72. The fourth-order valence-electron chi connectivity index (χ4n) is 4.31. The van der Waals surface area contributed by atoms with Crippen molar-refractivity contribution in [3.8, 4) is 11.1 Å². The van der Waals surface area contributed by atoms with Crippen molar-refractivity contribution in [1.82, 2.24) is 10.2 Å². The highest BCUT2D eigenvalue weighted by molar-refractivity contribution is 5.86. The molecule has 0 saturated heterocycles. The van der Waals surface area contributed by atoms with Crippen molar-refractivity contribution in [2.45, 2.75) is 45.6 Å². The minimum atomic E-state index is -0.963. The average Bonchev–Trinajstić information content (AvgIpc) is 3.12. The van der Waals surface area contributed by atoms with Crippen LogP contribution in [0.25, 0.3) is 11.1 Å². The molecule has 0 spiro atoms. The first kappa shape index (κ1) is 24.3. The quantitative estimate of drug-likeness (QED) is 0.561. The Morgan fingerprint density at radius 2 is 1.58 bits per heavy atom. The number of alkyl carbamates (subject to hydrolysis) is 1. The Morgan fingerprint density at radius 1 is 1.00 bits per heavy atom. The summed E-state index contributed by atoms with van der Waals surface area (Å²) in [6.07, 6.45) is -0.0959. The summed E-state index contributed by atoms with van der Waals surface area (Å²) in [6, 6.07) is 15.4. The lowest BCUT2D eigenvalue weighted by Crippen LogP contribution is -2.52. The van der Waals surface area contributed by atoms with Crippen molar-refractivity contribution < 1.29 is 24.2 Å². The summed E-state index contributed by atoms with van der Waals surface area (Å²) in [6.45, 7) is 6.31. The van der Waals surface area contributed by atoms with Gasteiger partial charge in [-0.1, -0.05) is 69.3 Å². The second-order valence-electron chi connectivity index (χ2n) is 8.66. The van der Waals surface area contributed by atoms with Crippen LogP contribution in [-0.4, -0.2) is 53.7 Å². The van der Waals surface area contributed by atoms with Crippen LogP contribution in [0.3, 0.4) is 0 Å². The van der Waals surface area contributed by atoms with Crippen LogP contribution < -0.4 is 5.32 Å². The highest BCUT2D eigenvalue weighted by Gasteiger charge is 2.31. The Morgan fingerprint density at radius 3 is 2.09 bits per heavy atom. The first-order valence-corrected chi connectivity index (χ1v) is 11.5. The van der Waals surface area contributed by atoms with Gasteiger partial charge in [0.1, 0.15) is 12.6 Å². The molecule has 0 unspecified atom stereocenters. The summed E-state index contributed by atoms with van der Waals surface area (Å²) in [5.74, 6) is -1.50. The van der Waals surface area contributed by atoms with E-state index in [0.717, 1.165) is 22.3 Å². The van der Waals surface area contributed by atoms with Crippen LogP contribution >= 0.6 is 0 Å². The number of rotatable bonds is 10.